The molecule has 6 nitrogen and oxygen atoms in total. The monoisotopic (exact) mass is 409 g/mol. The maximum atomic E-state index is 13.4. The number of hydrogen-bond acceptors (Lipinski definition) is 6. The fraction of sp³-hybridized carbons (Fsp3) is 0.143. The number of nitrogens with one attached hydrogen (secondary N) is 1. The van der Waals surface area contributed by atoms with Gasteiger partial charge in [0.2, 0.25) is 0 Å². The largest absolute Gasteiger partial charge is 0.466 e. The summed E-state index contributed by atoms with van der Waals surface area (Å²) < 4.78 is 56.0. The van der Waals surface area contributed by atoms with Crippen molar-refractivity contribution in [3.05, 3.63) is 45.1 Å². The van der Waals surface area contributed by atoms with Crippen molar-refractivity contribution in [2.45, 2.75) is 6.18 Å². The van der Waals surface area contributed by atoms with Crippen molar-refractivity contribution >= 4 is 46.6 Å². The lowest BCUT2D eigenvalue weighted by atomic mass is 10.1. The molecule has 2 rings (SSSR count). The molecule has 1 fully saturated rings. The van der Waals surface area contributed by atoms with Gasteiger partial charge in [0.15, 0.2) is 11.0 Å². The third-order valence-electron chi connectivity index (χ3n) is 2.81. The third-order valence-corrected chi connectivity index (χ3v) is 3.99. The lowest BCUT2D eigenvalue weighted by Crippen LogP contribution is -2.19. The summed E-state index contributed by atoms with van der Waals surface area (Å²) in [7, 11) is 1.14. The van der Waals surface area contributed by atoms with E-state index in [1.165, 1.54) is 0 Å². The van der Waals surface area contributed by atoms with Crippen LogP contribution < -0.4 is 5.32 Å². The first-order valence-corrected chi connectivity index (χ1v) is 7.77. The molecule has 26 heavy (non-hydrogen) atoms. The second-order valence-corrected chi connectivity index (χ2v) is 6.04. The molecule has 0 saturated carbocycles. The maximum Gasteiger partial charge on any atom is 0.419 e. The molecule has 1 amide bonds. The molecule has 1 aliphatic rings. The fourth-order valence-corrected chi connectivity index (χ4v) is 2.65. The van der Waals surface area contributed by atoms with Crippen LogP contribution in [-0.4, -0.2) is 30.4 Å². The van der Waals surface area contributed by atoms with Gasteiger partial charge in [-0.25, -0.2) is 9.18 Å². The molecule has 0 aromatic heterocycles. The first-order chi connectivity index (χ1) is 12.1. The number of methoxy groups -OCH3 is 1. The number of hydrogen-bond donors (Lipinski definition) is 1. The number of rotatable bonds is 3. The summed E-state index contributed by atoms with van der Waals surface area (Å²) >= 11 is 6.23. The van der Waals surface area contributed by atoms with Gasteiger partial charge in [-0.2, -0.15) is 18.3 Å². The van der Waals surface area contributed by atoms with Crippen LogP contribution in [0.4, 0.5) is 17.6 Å². The van der Waals surface area contributed by atoms with E-state index in [4.69, 9.17) is 11.6 Å². The number of thioether (sulfide) groups is 1. The Morgan fingerprint density at radius 3 is 2.69 bits per heavy atom. The lowest BCUT2D eigenvalue weighted by molar-refractivity contribution is -0.140. The van der Waals surface area contributed by atoms with Crippen molar-refractivity contribution in [3.8, 4) is 0 Å². The van der Waals surface area contributed by atoms with Gasteiger partial charge in [-0.05, 0) is 29.5 Å². The number of amidine groups is 1. The zero-order valence-corrected chi connectivity index (χ0v) is 14.3. The highest BCUT2D eigenvalue weighted by atomic mass is 35.5. The van der Waals surface area contributed by atoms with Crippen LogP contribution in [0.15, 0.2) is 33.3 Å². The molecule has 0 radical (unpaired) electrons. The van der Waals surface area contributed by atoms with Gasteiger partial charge in [-0.1, -0.05) is 11.6 Å². The van der Waals surface area contributed by atoms with Gasteiger partial charge in [-0.15, -0.1) is 5.10 Å². The minimum absolute atomic E-state index is 0.00865. The molecule has 0 spiro atoms. The normalized spacial score (nSPS) is 18.0. The predicted molar refractivity (Wildman–Crippen MR) is 87.3 cm³/mol. The molecule has 1 saturated heterocycles. The lowest BCUT2D eigenvalue weighted by Gasteiger charge is -2.09. The molecule has 1 aliphatic heterocycles. The van der Waals surface area contributed by atoms with Crippen molar-refractivity contribution in [3.63, 3.8) is 0 Å². The van der Waals surface area contributed by atoms with Gasteiger partial charge < -0.3 is 4.74 Å². The molecule has 1 N–H and O–H groups in total. The van der Waals surface area contributed by atoms with Crippen molar-refractivity contribution in [2.75, 3.05) is 7.11 Å². The van der Waals surface area contributed by atoms with E-state index >= 15 is 0 Å². The summed E-state index contributed by atoms with van der Waals surface area (Å²) in [4.78, 5) is 22.7. The molecule has 1 heterocycles. The zero-order valence-electron chi connectivity index (χ0n) is 12.7. The first-order valence-electron chi connectivity index (χ1n) is 6.58. The van der Waals surface area contributed by atoms with Gasteiger partial charge in [-0.3, -0.25) is 10.1 Å². The number of amides is 1. The second-order valence-electron chi connectivity index (χ2n) is 4.60. The minimum Gasteiger partial charge on any atom is -0.466 e. The van der Waals surface area contributed by atoms with Gasteiger partial charge in [0.1, 0.15) is 0 Å². The highest BCUT2D eigenvalue weighted by molar-refractivity contribution is 8.18. The van der Waals surface area contributed by atoms with E-state index in [1.54, 1.807) is 0 Å². The summed E-state index contributed by atoms with van der Waals surface area (Å²) in [5.41, 5.74) is -1.68. The third kappa shape index (κ3) is 4.82. The highest BCUT2D eigenvalue weighted by Crippen LogP contribution is 2.34. The number of carbonyl (C=O) groups excluding carboxylic acids is 2. The average molecular weight is 410 g/mol. The molecule has 1 aromatic carbocycles. The van der Waals surface area contributed by atoms with E-state index in [-0.39, 0.29) is 15.6 Å². The second kappa shape index (κ2) is 7.87. The zero-order chi connectivity index (χ0) is 19.5. The van der Waals surface area contributed by atoms with Crippen molar-refractivity contribution in [1.82, 2.24) is 5.32 Å². The Balaban J connectivity index is 2.20. The van der Waals surface area contributed by atoms with Crippen LogP contribution >= 0.6 is 23.4 Å². The molecular weight excluding hydrogens is 402 g/mol. The molecule has 138 valence electrons. The standard InChI is InChI=1S/C14H8ClF4N3O3S/c1-25-10(23)4-9-12(24)21-13(26-9)22-20-5-6-2-7(14(17,18)19)11(16)8(15)3-6/h2-5H,1H3,(H,21,22,24)/b9-4+,20-5?. The maximum absolute atomic E-state index is 13.4. The fourth-order valence-electron chi connectivity index (χ4n) is 1.68. The summed E-state index contributed by atoms with van der Waals surface area (Å²) in [6.07, 6.45) is -3.07. The van der Waals surface area contributed by atoms with E-state index in [0.29, 0.717) is 6.07 Å². The van der Waals surface area contributed by atoms with Crippen LogP contribution in [0, 0.1) is 5.82 Å². The quantitative estimate of drug-likeness (QED) is 0.273. The van der Waals surface area contributed by atoms with Gasteiger partial charge in [0, 0.05) is 6.08 Å². The Hall–Kier alpha value is -2.40. The average Bonchev–Trinajstić information content (AvgIpc) is 2.89. The highest BCUT2D eigenvalue weighted by Gasteiger charge is 2.35. The number of benzene rings is 1. The van der Waals surface area contributed by atoms with Crippen LogP contribution in [0.2, 0.25) is 5.02 Å². The minimum atomic E-state index is -4.92. The summed E-state index contributed by atoms with van der Waals surface area (Å²) in [5, 5.41) is 8.69. The molecule has 0 atom stereocenters. The number of esters is 1. The number of carbonyl (C=O) groups is 2. The first kappa shape index (κ1) is 19.9. The molecule has 0 bridgehead atoms. The summed E-state index contributed by atoms with van der Waals surface area (Å²) in [6.45, 7) is 0. The summed E-state index contributed by atoms with van der Waals surface area (Å²) in [5.74, 6) is -2.94. The molecular formula is C14H8ClF4N3O3S. The SMILES string of the molecule is COC(=O)/C=C1/S/C(=N\N=Cc2cc(Cl)c(F)c(C(F)(F)F)c2)NC1=O. The summed E-state index contributed by atoms with van der Waals surface area (Å²) in [6, 6.07) is 1.46. The molecule has 0 unspecified atom stereocenters. The van der Waals surface area contributed by atoms with Crippen molar-refractivity contribution in [2.24, 2.45) is 10.2 Å². The van der Waals surface area contributed by atoms with E-state index in [9.17, 15) is 27.2 Å². The van der Waals surface area contributed by atoms with Crippen LogP contribution in [-0.2, 0) is 20.5 Å². The predicted octanol–water partition coefficient (Wildman–Crippen LogP) is 3.11. The molecule has 1 aromatic rings. The number of ether oxygens (including phenoxy) is 1. The Labute approximate surface area is 152 Å². The topological polar surface area (TPSA) is 80.1 Å². The Morgan fingerprint density at radius 1 is 1.38 bits per heavy atom. The van der Waals surface area contributed by atoms with E-state index in [2.05, 4.69) is 20.3 Å². The van der Waals surface area contributed by atoms with E-state index < -0.39 is 34.5 Å². The van der Waals surface area contributed by atoms with E-state index in [0.717, 1.165) is 37.2 Å². The van der Waals surface area contributed by atoms with Gasteiger partial charge >= 0.3 is 12.1 Å². The smallest absolute Gasteiger partial charge is 0.419 e. The van der Waals surface area contributed by atoms with Crippen LogP contribution in [0.1, 0.15) is 11.1 Å². The van der Waals surface area contributed by atoms with E-state index in [1.807, 2.05) is 0 Å². The Kier molecular flexibility index (Phi) is 6.03. The van der Waals surface area contributed by atoms with Crippen molar-refractivity contribution < 1.29 is 31.9 Å². The molecule has 0 aliphatic carbocycles. The number of nitrogens with zero attached hydrogens (tertiary/aromatic N) is 2. The van der Waals surface area contributed by atoms with Crippen LogP contribution in [0.25, 0.3) is 0 Å². The van der Waals surface area contributed by atoms with Crippen LogP contribution in [0.5, 0.6) is 0 Å². The Bertz CT molecular complexity index is 853. The number of alkyl halides is 3. The number of halogens is 5. The van der Waals surface area contributed by atoms with Gasteiger partial charge in [0.25, 0.3) is 5.91 Å². The Morgan fingerprint density at radius 2 is 2.08 bits per heavy atom. The van der Waals surface area contributed by atoms with Gasteiger partial charge in [0.05, 0.1) is 28.8 Å². The molecule has 12 heteroatoms. The van der Waals surface area contributed by atoms with Crippen LogP contribution in [0.3, 0.4) is 0 Å². The van der Waals surface area contributed by atoms with Crippen molar-refractivity contribution in [1.29, 1.82) is 0 Å².